The molecule has 0 radical (unpaired) electrons. The molecule has 0 aromatic heterocycles. The number of carbonyl (C=O) groups is 1. The van der Waals surface area contributed by atoms with E-state index in [2.05, 4.69) is 4.72 Å². The Morgan fingerprint density at radius 1 is 1.40 bits per heavy atom. The third kappa shape index (κ3) is 3.17. The number of primary amides is 1. The van der Waals surface area contributed by atoms with E-state index in [4.69, 9.17) is 16.2 Å². The van der Waals surface area contributed by atoms with Gasteiger partial charge in [0.1, 0.15) is 5.54 Å². The second kappa shape index (κ2) is 5.25. The van der Waals surface area contributed by atoms with Crippen LogP contribution in [0.15, 0.2) is 17.0 Å². The summed E-state index contributed by atoms with van der Waals surface area (Å²) in [6.07, 6.45) is 0. The van der Waals surface area contributed by atoms with Crippen molar-refractivity contribution in [3.63, 3.8) is 0 Å². The molecule has 0 aliphatic rings. The summed E-state index contributed by atoms with van der Waals surface area (Å²) in [5.41, 5.74) is 8.88. The van der Waals surface area contributed by atoms with Crippen LogP contribution in [-0.2, 0) is 14.8 Å². The van der Waals surface area contributed by atoms with Crippen LogP contribution in [0.2, 0.25) is 0 Å². The van der Waals surface area contributed by atoms with E-state index in [1.807, 2.05) is 0 Å². The monoisotopic (exact) mass is 305 g/mol. The SMILES string of the molecule is COc1c(N)cc(S(=O)(=O)NC(C)(C)C(N)=O)cc1F. The predicted octanol–water partition coefficient (Wildman–Crippen LogP) is -0.0413. The molecule has 9 heteroatoms. The Balaban J connectivity index is 3.28. The van der Waals surface area contributed by atoms with E-state index in [0.717, 1.165) is 12.1 Å². The first-order valence-corrected chi connectivity index (χ1v) is 6.96. The first-order valence-electron chi connectivity index (χ1n) is 5.48. The van der Waals surface area contributed by atoms with Crippen molar-refractivity contribution < 1.29 is 22.3 Å². The summed E-state index contributed by atoms with van der Waals surface area (Å²) in [6.45, 7) is 2.58. The molecule has 112 valence electrons. The summed E-state index contributed by atoms with van der Waals surface area (Å²) in [6, 6.07) is 1.77. The van der Waals surface area contributed by atoms with Gasteiger partial charge < -0.3 is 16.2 Å². The van der Waals surface area contributed by atoms with Gasteiger partial charge in [-0.05, 0) is 26.0 Å². The second-order valence-electron chi connectivity index (χ2n) is 4.62. The summed E-state index contributed by atoms with van der Waals surface area (Å²) in [7, 11) is -2.95. The third-order valence-electron chi connectivity index (χ3n) is 2.57. The molecule has 0 saturated carbocycles. The van der Waals surface area contributed by atoms with Crippen LogP contribution < -0.4 is 20.9 Å². The number of ether oxygens (including phenoxy) is 1. The number of anilines is 1. The minimum Gasteiger partial charge on any atom is -0.492 e. The molecule has 0 heterocycles. The van der Waals surface area contributed by atoms with Crippen molar-refractivity contribution in [2.75, 3.05) is 12.8 Å². The lowest BCUT2D eigenvalue weighted by Crippen LogP contribution is -2.52. The first-order chi connectivity index (χ1) is 9.01. The molecule has 1 rings (SSSR count). The van der Waals surface area contributed by atoms with E-state index in [-0.39, 0.29) is 11.4 Å². The van der Waals surface area contributed by atoms with Gasteiger partial charge in [-0.2, -0.15) is 4.72 Å². The van der Waals surface area contributed by atoms with E-state index >= 15 is 0 Å². The molecule has 0 spiro atoms. The van der Waals surface area contributed by atoms with E-state index in [9.17, 15) is 17.6 Å². The fraction of sp³-hybridized carbons (Fsp3) is 0.364. The van der Waals surface area contributed by atoms with E-state index in [1.54, 1.807) is 0 Å². The summed E-state index contributed by atoms with van der Waals surface area (Å²) < 4.78 is 44.6. The van der Waals surface area contributed by atoms with Gasteiger partial charge in [0.25, 0.3) is 0 Å². The maximum absolute atomic E-state index is 13.6. The number of amides is 1. The Morgan fingerprint density at radius 2 is 1.95 bits per heavy atom. The van der Waals surface area contributed by atoms with Crippen molar-refractivity contribution in [2.24, 2.45) is 5.73 Å². The van der Waals surface area contributed by atoms with E-state index < -0.39 is 32.2 Å². The van der Waals surface area contributed by atoms with Crippen LogP contribution in [0.25, 0.3) is 0 Å². The molecule has 1 aromatic rings. The Hall–Kier alpha value is -1.87. The molecule has 5 N–H and O–H groups in total. The lowest BCUT2D eigenvalue weighted by atomic mass is 10.1. The predicted molar refractivity (Wildman–Crippen MR) is 71.0 cm³/mol. The number of carbonyl (C=O) groups excluding carboxylic acids is 1. The largest absolute Gasteiger partial charge is 0.492 e. The second-order valence-corrected chi connectivity index (χ2v) is 6.30. The molecule has 1 aromatic carbocycles. The quantitative estimate of drug-likeness (QED) is 0.658. The lowest BCUT2D eigenvalue weighted by molar-refractivity contribution is -0.122. The molecular formula is C11H16FN3O4S. The summed E-state index contributed by atoms with van der Waals surface area (Å²) >= 11 is 0. The Kier molecular flexibility index (Phi) is 4.25. The Bertz CT molecular complexity index is 620. The highest BCUT2D eigenvalue weighted by atomic mass is 32.2. The number of sulfonamides is 1. The number of nitrogens with one attached hydrogen (secondary N) is 1. The highest BCUT2D eigenvalue weighted by Crippen LogP contribution is 2.28. The van der Waals surface area contributed by atoms with Crippen molar-refractivity contribution in [3.8, 4) is 5.75 Å². The fourth-order valence-electron chi connectivity index (χ4n) is 1.40. The molecular weight excluding hydrogens is 289 g/mol. The average Bonchev–Trinajstić information content (AvgIpc) is 2.26. The minimum atomic E-state index is -4.16. The van der Waals surface area contributed by atoms with Crippen LogP contribution in [0.3, 0.4) is 0 Å². The highest BCUT2D eigenvalue weighted by molar-refractivity contribution is 7.89. The van der Waals surface area contributed by atoms with Crippen molar-refractivity contribution in [2.45, 2.75) is 24.3 Å². The van der Waals surface area contributed by atoms with Crippen LogP contribution in [0, 0.1) is 5.82 Å². The number of rotatable bonds is 5. The van der Waals surface area contributed by atoms with Gasteiger partial charge in [-0.15, -0.1) is 0 Å². The van der Waals surface area contributed by atoms with Crippen LogP contribution in [-0.4, -0.2) is 27.0 Å². The number of nitrogen functional groups attached to an aromatic ring is 1. The Morgan fingerprint density at radius 3 is 2.35 bits per heavy atom. The van der Waals surface area contributed by atoms with Crippen molar-refractivity contribution >= 4 is 21.6 Å². The summed E-state index contributed by atoms with van der Waals surface area (Å²) in [5.74, 6) is -2.05. The molecule has 0 bridgehead atoms. The molecule has 7 nitrogen and oxygen atoms in total. The van der Waals surface area contributed by atoms with Gasteiger partial charge in [-0.3, -0.25) is 4.79 Å². The zero-order valence-electron chi connectivity index (χ0n) is 11.2. The van der Waals surface area contributed by atoms with Crippen LogP contribution in [0.1, 0.15) is 13.8 Å². The molecule has 0 aliphatic carbocycles. The molecule has 0 atom stereocenters. The Labute approximate surface area is 116 Å². The topological polar surface area (TPSA) is 125 Å². The lowest BCUT2D eigenvalue weighted by Gasteiger charge is -2.22. The average molecular weight is 305 g/mol. The number of halogens is 1. The molecule has 0 saturated heterocycles. The molecule has 20 heavy (non-hydrogen) atoms. The van der Waals surface area contributed by atoms with Gasteiger partial charge in [-0.25, -0.2) is 12.8 Å². The standard InChI is InChI=1S/C11H16FN3O4S/c1-11(2,10(14)16)15-20(17,18)6-4-7(12)9(19-3)8(13)5-6/h4-5,15H,13H2,1-3H3,(H2,14,16). The molecule has 0 aliphatic heterocycles. The zero-order chi connectivity index (χ0) is 15.7. The number of hydrogen-bond donors (Lipinski definition) is 3. The maximum Gasteiger partial charge on any atom is 0.241 e. The van der Waals surface area contributed by atoms with Gasteiger partial charge in [0.2, 0.25) is 15.9 Å². The van der Waals surface area contributed by atoms with E-state index in [1.165, 1.54) is 21.0 Å². The maximum atomic E-state index is 13.6. The highest BCUT2D eigenvalue weighted by Gasteiger charge is 2.32. The van der Waals surface area contributed by atoms with Crippen LogP contribution in [0.5, 0.6) is 5.75 Å². The summed E-state index contributed by atoms with van der Waals surface area (Å²) in [4.78, 5) is 10.7. The van der Waals surface area contributed by atoms with Gasteiger partial charge in [-0.1, -0.05) is 0 Å². The normalized spacial score (nSPS) is 12.2. The number of benzene rings is 1. The van der Waals surface area contributed by atoms with E-state index in [0.29, 0.717) is 0 Å². The molecule has 0 fully saturated rings. The van der Waals surface area contributed by atoms with Gasteiger partial charge in [0, 0.05) is 0 Å². The van der Waals surface area contributed by atoms with Crippen LogP contribution >= 0.6 is 0 Å². The minimum absolute atomic E-state index is 0.176. The number of hydrogen-bond acceptors (Lipinski definition) is 5. The van der Waals surface area contributed by atoms with Crippen molar-refractivity contribution in [3.05, 3.63) is 17.9 Å². The van der Waals surface area contributed by atoms with Crippen molar-refractivity contribution in [1.82, 2.24) is 4.72 Å². The van der Waals surface area contributed by atoms with Crippen LogP contribution in [0.4, 0.5) is 10.1 Å². The number of methoxy groups -OCH3 is 1. The van der Waals surface area contributed by atoms with Gasteiger partial charge >= 0.3 is 0 Å². The van der Waals surface area contributed by atoms with Crippen molar-refractivity contribution in [1.29, 1.82) is 0 Å². The first kappa shape index (κ1) is 16.2. The smallest absolute Gasteiger partial charge is 0.241 e. The fourth-order valence-corrected chi connectivity index (χ4v) is 2.84. The zero-order valence-corrected chi connectivity index (χ0v) is 12.0. The molecule has 1 amide bonds. The third-order valence-corrected chi connectivity index (χ3v) is 4.20. The van der Waals surface area contributed by atoms with Gasteiger partial charge in [0.15, 0.2) is 11.6 Å². The number of nitrogens with two attached hydrogens (primary N) is 2. The van der Waals surface area contributed by atoms with Gasteiger partial charge in [0.05, 0.1) is 17.7 Å². The summed E-state index contributed by atoms with van der Waals surface area (Å²) in [5, 5.41) is 0. The molecule has 0 unspecified atom stereocenters.